The monoisotopic (exact) mass is 409 g/mol. The maximum Gasteiger partial charge on any atom is 0.329 e. The lowest BCUT2D eigenvalue weighted by Gasteiger charge is -2.09. The fraction of sp³-hybridized carbons (Fsp3) is 0.0500. The van der Waals surface area contributed by atoms with Gasteiger partial charge in [-0.1, -0.05) is 11.6 Å². The lowest BCUT2D eigenvalue weighted by molar-refractivity contribution is 0.628. The van der Waals surface area contributed by atoms with Crippen molar-refractivity contribution in [1.82, 2.24) is 23.5 Å². The van der Waals surface area contributed by atoms with Gasteiger partial charge in [0.1, 0.15) is 5.82 Å². The second kappa shape index (κ2) is 6.18. The highest BCUT2D eigenvalue weighted by molar-refractivity contribution is 6.30. The van der Waals surface area contributed by atoms with Crippen molar-refractivity contribution in [3.63, 3.8) is 0 Å². The number of fused-ring (bicyclic) bond motifs is 3. The summed E-state index contributed by atoms with van der Waals surface area (Å²) in [5, 5.41) is 0.576. The molecule has 0 radical (unpaired) electrons. The Morgan fingerprint density at radius 3 is 2.41 bits per heavy atom. The number of benzene rings is 2. The molecule has 0 unspecified atom stereocenters. The molecule has 144 valence electrons. The van der Waals surface area contributed by atoms with E-state index in [0.29, 0.717) is 16.5 Å². The number of nitrogens with zero attached hydrogens (tertiary/aromatic N) is 4. The maximum absolute atomic E-state index is 13.4. The molecule has 0 fully saturated rings. The van der Waals surface area contributed by atoms with Crippen LogP contribution in [0.1, 0.15) is 0 Å². The second-order valence-electron chi connectivity index (χ2n) is 6.61. The largest absolute Gasteiger partial charge is 0.329 e. The fourth-order valence-electron chi connectivity index (χ4n) is 3.43. The molecule has 0 saturated carbocycles. The number of halogens is 2. The summed E-state index contributed by atoms with van der Waals surface area (Å²) in [5.41, 5.74) is 1.63. The lowest BCUT2D eigenvalue weighted by atomic mass is 10.1. The van der Waals surface area contributed by atoms with E-state index >= 15 is 0 Å². The van der Waals surface area contributed by atoms with Crippen LogP contribution in [0, 0.1) is 5.82 Å². The quantitative estimate of drug-likeness (QED) is 0.486. The van der Waals surface area contributed by atoms with Crippen LogP contribution in [-0.2, 0) is 7.05 Å². The molecule has 0 aliphatic carbocycles. The van der Waals surface area contributed by atoms with Crippen LogP contribution < -0.4 is 11.2 Å². The Morgan fingerprint density at radius 2 is 1.72 bits per heavy atom. The van der Waals surface area contributed by atoms with Gasteiger partial charge in [-0.25, -0.2) is 9.18 Å². The van der Waals surface area contributed by atoms with E-state index in [1.807, 2.05) is 16.7 Å². The van der Waals surface area contributed by atoms with Gasteiger partial charge in [-0.05, 0) is 48.5 Å². The fourth-order valence-corrected chi connectivity index (χ4v) is 3.55. The molecule has 0 amide bonds. The van der Waals surface area contributed by atoms with E-state index in [4.69, 9.17) is 11.6 Å². The molecular formula is C20H13ClFN5O2. The van der Waals surface area contributed by atoms with Gasteiger partial charge in [0, 0.05) is 29.5 Å². The second-order valence-corrected chi connectivity index (χ2v) is 7.04. The van der Waals surface area contributed by atoms with E-state index < -0.39 is 11.2 Å². The number of aryl methyl sites for hydroxylation is 1. The molecule has 3 heterocycles. The maximum atomic E-state index is 13.4. The number of hydrogen-bond donors (Lipinski definition) is 1. The van der Waals surface area contributed by atoms with E-state index in [1.165, 1.54) is 16.7 Å². The zero-order valence-corrected chi connectivity index (χ0v) is 15.8. The predicted molar refractivity (Wildman–Crippen MR) is 108 cm³/mol. The summed E-state index contributed by atoms with van der Waals surface area (Å²) in [7, 11) is 1.54. The van der Waals surface area contributed by atoms with Crippen LogP contribution >= 0.6 is 11.6 Å². The summed E-state index contributed by atoms with van der Waals surface area (Å²) in [6.45, 7) is 0. The Morgan fingerprint density at radius 1 is 1.03 bits per heavy atom. The summed E-state index contributed by atoms with van der Waals surface area (Å²) in [6.07, 6.45) is 1.74. The van der Waals surface area contributed by atoms with E-state index in [1.54, 1.807) is 41.9 Å². The van der Waals surface area contributed by atoms with Crippen LogP contribution in [-0.4, -0.2) is 23.5 Å². The van der Waals surface area contributed by atoms with Crippen molar-refractivity contribution in [2.24, 2.45) is 7.05 Å². The van der Waals surface area contributed by atoms with E-state index in [2.05, 4.69) is 9.97 Å². The molecule has 0 spiro atoms. The van der Waals surface area contributed by atoms with Crippen molar-refractivity contribution in [2.75, 3.05) is 0 Å². The molecule has 0 aliphatic rings. The van der Waals surface area contributed by atoms with Crippen LogP contribution in [0.15, 0.2) is 64.3 Å². The third-order valence-corrected chi connectivity index (χ3v) is 5.10. The number of aromatic nitrogens is 5. The highest BCUT2D eigenvalue weighted by atomic mass is 35.5. The molecule has 1 N–H and O–H groups in total. The van der Waals surface area contributed by atoms with Crippen LogP contribution in [0.25, 0.3) is 33.9 Å². The third kappa shape index (κ3) is 2.60. The van der Waals surface area contributed by atoms with Crippen LogP contribution in [0.3, 0.4) is 0 Å². The zero-order chi connectivity index (χ0) is 20.3. The zero-order valence-electron chi connectivity index (χ0n) is 15.1. The standard InChI is InChI=1S/C20H13ClFN5O2/c1-25-17-16(18(28)24-20(25)29)26-10-15(11-2-6-13(22)7-3-11)27(19(26)23-17)14-8-4-12(21)5-9-14/h2-10H,1H3,(H,24,28,29). The molecule has 29 heavy (non-hydrogen) atoms. The number of H-pyrrole nitrogens is 1. The highest BCUT2D eigenvalue weighted by Crippen LogP contribution is 2.29. The molecular weight excluding hydrogens is 397 g/mol. The number of rotatable bonds is 2. The van der Waals surface area contributed by atoms with Crippen molar-refractivity contribution >= 4 is 28.5 Å². The van der Waals surface area contributed by atoms with Gasteiger partial charge in [0.15, 0.2) is 11.2 Å². The molecule has 0 saturated heterocycles. The molecule has 7 nitrogen and oxygen atoms in total. The van der Waals surface area contributed by atoms with Gasteiger partial charge < -0.3 is 0 Å². The van der Waals surface area contributed by atoms with Gasteiger partial charge in [0.05, 0.1) is 5.69 Å². The molecule has 0 atom stereocenters. The van der Waals surface area contributed by atoms with Crippen molar-refractivity contribution in [3.8, 4) is 16.9 Å². The number of aromatic amines is 1. The predicted octanol–water partition coefficient (Wildman–Crippen LogP) is 3.12. The van der Waals surface area contributed by atoms with Gasteiger partial charge in [0.25, 0.3) is 5.56 Å². The number of nitrogens with one attached hydrogen (secondary N) is 1. The topological polar surface area (TPSA) is 77.1 Å². The minimum absolute atomic E-state index is 0.248. The molecule has 5 aromatic rings. The van der Waals surface area contributed by atoms with Gasteiger partial charge in [-0.3, -0.25) is 23.3 Å². The molecule has 2 aromatic carbocycles. The first-order chi connectivity index (χ1) is 13.9. The van der Waals surface area contributed by atoms with E-state index in [9.17, 15) is 14.0 Å². The van der Waals surface area contributed by atoms with Gasteiger partial charge in [-0.15, -0.1) is 0 Å². The SMILES string of the molecule is Cn1c(=O)[nH]c(=O)c2c1nc1n(-c3ccc(Cl)cc3)c(-c3ccc(F)cc3)cn21. The minimum atomic E-state index is -0.542. The Kier molecular flexibility index (Phi) is 3.72. The van der Waals surface area contributed by atoms with Crippen molar-refractivity contribution in [3.05, 3.63) is 86.4 Å². The number of imidazole rings is 2. The highest BCUT2D eigenvalue weighted by Gasteiger charge is 2.20. The van der Waals surface area contributed by atoms with E-state index in [0.717, 1.165) is 11.3 Å². The summed E-state index contributed by atoms with van der Waals surface area (Å²) >= 11 is 6.03. The average molecular weight is 410 g/mol. The van der Waals surface area contributed by atoms with Gasteiger partial charge in [0.2, 0.25) is 5.78 Å². The van der Waals surface area contributed by atoms with Crippen molar-refractivity contribution in [1.29, 1.82) is 0 Å². The average Bonchev–Trinajstić information content (AvgIpc) is 3.24. The molecule has 3 aromatic heterocycles. The summed E-state index contributed by atoms with van der Waals surface area (Å²) < 4.78 is 18.2. The first-order valence-corrected chi connectivity index (χ1v) is 9.06. The number of hydrogen-bond acceptors (Lipinski definition) is 3. The third-order valence-electron chi connectivity index (χ3n) is 4.85. The smallest absolute Gasteiger partial charge is 0.279 e. The normalized spacial score (nSPS) is 11.6. The van der Waals surface area contributed by atoms with Crippen molar-refractivity contribution in [2.45, 2.75) is 0 Å². The van der Waals surface area contributed by atoms with Gasteiger partial charge in [-0.2, -0.15) is 4.98 Å². The molecule has 0 bridgehead atoms. The Balaban J connectivity index is 1.94. The van der Waals surface area contributed by atoms with E-state index in [-0.39, 0.29) is 17.0 Å². The van der Waals surface area contributed by atoms with Gasteiger partial charge >= 0.3 is 5.69 Å². The summed E-state index contributed by atoms with van der Waals surface area (Å²) in [5.74, 6) is 0.0911. The molecule has 0 aliphatic heterocycles. The van der Waals surface area contributed by atoms with Crippen LogP contribution in [0.4, 0.5) is 4.39 Å². The summed E-state index contributed by atoms with van der Waals surface area (Å²) in [4.78, 5) is 31.3. The first-order valence-electron chi connectivity index (χ1n) is 8.69. The van der Waals surface area contributed by atoms with Crippen LogP contribution in [0.5, 0.6) is 0 Å². The van der Waals surface area contributed by atoms with Crippen molar-refractivity contribution < 1.29 is 4.39 Å². The summed E-state index contributed by atoms with van der Waals surface area (Å²) in [6, 6.07) is 13.2. The Bertz CT molecular complexity index is 1510. The minimum Gasteiger partial charge on any atom is -0.279 e. The molecule has 9 heteroatoms. The van der Waals surface area contributed by atoms with Crippen LogP contribution in [0.2, 0.25) is 5.02 Å². The molecule has 5 rings (SSSR count). The lowest BCUT2D eigenvalue weighted by Crippen LogP contribution is -2.28. The Hall–Kier alpha value is -3.65. The Labute approximate surface area is 167 Å². The first kappa shape index (κ1) is 17.4.